The van der Waals surface area contributed by atoms with Gasteiger partial charge >= 0.3 is 0 Å². The molecule has 1 N–H and O–H groups in total. The fourth-order valence-electron chi connectivity index (χ4n) is 2.85. The van der Waals surface area contributed by atoms with E-state index in [0.717, 1.165) is 44.9 Å². The lowest BCUT2D eigenvalue weighted by atomic mass is 9.97. The van der Waals surface area contributed by atoms with Crippen molar-refractivity contribution in [1.29, 1.82) is 0 Å². The Morgan fingerprint density at radius 1 is 1.05 bits per heavy atom. The van der Waals surface area contributed by atoms with Gasteiger partial charge in [-0.2, -0.15) is 12.7 Å². The van der Waals surface area contributed by atoms with Crippen LogP contribution in [0.4, 0.5) is 0 Å². The van der Waals surface area contributed by atoms with E-state index in [2.05, 4.69) is 10.8 Å². The van der Waals surface area contributed by atoms with Crippen LogP contribution >= 0.6 is 0 Å². The summed E-state index contributed by atoms with van der Waals surface area (Å²) in [6.07, 6.45) is 12.3. The molecule has 0 aromatic carbocycles. The van der Waals surface area contributed by atoms with Gasteiger partial charge in [0.25, 0.3) is 10.2 Å². The number of hydrogen-bond donors (Lipinski definition) is 1. The van der Waals surface area contributed by atoms with Crippen molar-refractivity contribution in [1.82, 2.24) is 9.03 Å². The van der Waals surface area contributed by atoms with Gasteiger partial charge in [0.1, 0.15) is 0 Å². The Labute approximate surface area is 117 Å². The number of rotatable bonds is 5. The highest BCUT2D eigenvalue weighted by atomic mass is 32.2. The Kier molecular flexibility index (Phi) is 5.85. The molecule has 19 heavy (non-hydrogen) atoms. The summed E-state index contributed by atoms with van der Waals surface area (Å²) in [6, 6.07) is 0. The standard InChI is InChI=1S/C14H26N2O2S/c17-19(18,16-12-6-1-2-7-13-16)15-11-10-14-8-4-3-5-9-14/h8,15H,1-7,9-13H2. The SMILES string of the molecule is O=S(=O)(NCCC1=CCCCC1)N1CCCCCC1. The van der Waals surface area contributed by atoms with Crippen LogP contribution < -0.4 is 4.72 Å². The lowest BCUT2D eigenvalue weighted by Crippen LogP contribution is -2.41. The Morgan fingerprint density at radius 2 is 1.79 bits per heavy atom. The molecule has 1 saturated heterocycles. The molecule has 5 heteroatoms. The van der Waals surface area contributed by atoms with Crippen LogP contribution in [0.15, 0.2) is 11.6 Å². The number of hydrogen-bond acceptors (Lipinski definition) is 2. The quantitative estimate of drug-likeness (QED) is 0.790. The molecule has 1 fully saturated rings. The third-order valence-electron chi connectivity index (χ3n) is 4.02. The van der Waals surface area contributed by atoms with E-state index in [9.17, 15) is 8.42 Å². The van der Waals surface area contributed by atoms with E-state index in [1.54, 1.807) is 4.31 Å². The van der Waals surface area contributed by atoms with Gasteiger partial charge in [-0.15, -0.1) is 0 Å². The fraction of sp³-hybridized carbons (Fsp3) is 0.857. The minimum atomic E-state index is -3.25. The van der Waals surface area contributed by atoms with E-state index in [0.29, 0.717) is 19.6 Å². The second-order valence-electron chi connectivity index (χ2n) is 5.57. The molecule has 0 atom stereocenters. The number of nitrogens with zero attached hydrogens (tertiary/aromatic N) is 1. The lowest BCUT2D eigenvalue weighted by Gasteiger charge is -2.20. The third kappa shape index (κ3) is 4.89. The zero-order valence-electron chi connectivity index (χ0n) is 11.7. The topological polar surface area (TPSA) is 49.4 Å². The smallest absolute Gasteiger partial charge is 0.202 e. The summed E-state index contributed by atoms with van der Waals surface area (Å²) in [5.74, 6) is 0. The first-order valence-electron chi connectivity index (χ1n) is 7.61. The summed E-state index contributed by atoms with van der Waals surface area (Å²) in [6.45, 7) is 1.90. The van der Waals surface area contributed by atoms with Crippen LogP contribution in [-0.4, -0.2) is 32.4 Å². The second-order valence-corrected chi connectivity index (χ2v) is 7.33. The Bertz CT molecular complexity index is 396. The van der Waals surface area contributed by atoms with Crippen molar-refractivity contribution in [2.45, 2.75) is 57.8 Å². The Balaban J connectivity index is 1.78. The van der Waals surface area contributed by atoms with Crippen LogP contribution in [0.25, 0.3) is 0 Å². The van der Waals surface area contributed by atoms with Crippen molar-refractivity contribution >= 4 is 10.2 Å². The van der Waals surface area contributed by atoms with Crippen LogP contribution in [0.5, 0.6) is 0 Å². The van der Waals surface area contributed by atoms with E-state index in [1.807, 2.05) is 0 Å². The highest BCUT2D eigenvalue weighted by molar-refractivity contribution is 7.87. The summed E-state index contributed by atoms with van der Waals surface area (Å²) in [4.78, 5) is 0. The largest absolute Gasteiger partial charge is 0.279 e. The summed E-state index contributed by atoms with van der Waals surface area (Å²) >= 11 is 0. The van der Waals surface area contributed by atoms with Gasteiger partial charge in [0, 0.05) is 19.6 Å². The molecule has 0 saturated carbocycles. The van der Waals surface area contributed by atoms with Gasteiger partial charge in [0.05, 0.1) is 0 Å². The molecule has 0 aromatic heterocycles. The summed E-state index contributed by atoms with van der Waals surface area (Å²) < 4.78 is 28.7. The summed E-state index contributed by atoms with van der Waals surface area (Å²) in [5, 5.41) is 0. The maximum absolute atomic E-state index is 12.2. The van der Waals surface area contributed by atoms with Crippen molar-refractivity contribution < 1.29 is 8.42 Å². The monoisotopic (exact) mass is 286 g/mol. The first kappa shape index (κ1) is 15.0. The average Bonchev–Trinajstić information content (AvgIpc) is 2.69. The van der Waals surface area contributed by atoms with E-state index in [4.69, 9.17) is 0 Å². The van der Waals surface area contributed by atoms with Crippen molar-refractivity contribution in [3.63, 3.8) is 0 Å². The van der Waals surface area contributed by atoms with Crippen molar-refractivity contribution in [2.24, 2.45) is 0 Å². The molecule has 0 amide bonds. The predicted octanol–water partition coefficient (Wildman–Crippen LogP) is 2.59. The van der Waals surface area contributed by atoms with Crippen LogP contribution in [0.3, 0.4) is 0 Å². The molecule has 2 rings (SSSR count). The van der Waals surface area contributed by atoms with Crippen LogP contribution in [0.1, 0.15) is 57.8 Å². The molecule has 0 bridgehead atoms. The first-order valence-corrected chi connectivity index (χ1v) is 9.05. The third-order valence-corrected chi connectivity index (χ3v) is 5.63. The van der Waals surface area contributed by atoms with Crippen LogP contribution in [0.2, 0.25) is 0 Å². The molecule has 0 aromatic rings. The summed E-state index contributed by atoms with van der Waals surface area (Å²) in [7, 11) is -3.25. The van der Waals surface area contributed by atoms with E-state index >= 15 is 0 Å². The van der Waals surface area contributed by atoms with E-state index in [-0.39, 0.29) is 0 Å². The molecule has 1 aliphatic heterocycles. The van der Waals surface area contributed by atoms with Gasteiger partial charge < -0.3 is 0 Å². The second kappa shape index (κ2) is 7.41. The normalized spacial score (nSPS) is 22.8. The molecule has 0 radical (unpaired) electrons. The van der Waals surface area contributed by atoms with Crippen molar-refractivity contribution in [3.8, 4) is 0 Å². The predicted molar refractivity (Wildman–Crippen MR) is 78.1 cm³/mol. The maximum atomic E-state index is 12.2. The zero-order valence-corrected chi connectivity index (χ0v) is 12.6. The highest BCUT2D eigenvalue weighted by Crippen LogP contribution is 2.19. The van der Waals surface area contributed by atoms with Gasteiger partial charge in [-0.3, -0.25) is 0 Å². The van der Waals surface area contributed by atoms with Gasteiger partial charge in [0.2, 0.25) is 0 Å². The lowest BCUT2D eigenvalue weighted by molar-refractivity contribution is 0.415. The van der Waals surface area contributed by atoms with E-state index < -0.39 is 10.2 Å². The zero-order chi connectivity index (χ0) is 13.6. The summed E-state index contributed by atoms with van der Waals surface area (Å²) in [5.41, 5.74) is 1.42. The highest BCUT2D eigenvalue weighted by Gasteiger charge is 2.22. The van der Waals surface area contributed by atoms with Gasteiger partial charge in [-0.05, 0) is 44.9 Å². The van der Waals surface area contributed by atoms with Crippen LogP contribution in [-0.2, 0) is 10.2 Å². The first-order chi connectivity index (χ1) is 9.18. The molecular formula is C14H26N2O2S. The average molecular weight is 286 g/mol. The van der Waals surface area contributed by atoms with E-state index in [1.165, 1.54) is 18.4 Å². The van der Waals surface area contributed by atoms with Crippen LogP contribution in [0, 0.1) is 0 Å². The van der Waals surface area contributed by atoms with Crippen molar-refractivity contribution in [2.75, 3.05) is 19.6 Å². The molecular weight excluding hydrogens is 260 g/mol. The minimum absolute atomic E-state index is 0.546. The van der Waals surface area contributed by atoms with Gasteiger partial charge in [-0.1, -0.05) is 24.5 Å². The van der Waals surface area contributed by atoms with Gasteiger partial charge in [0.15, 0.2) is 0 Å². The number of allylic oxidation sites excluding steroid dienone is 1. The molecule has 2 aliphatic rings. The molecule has 1 heterocycles. The Hall–Kier alpha value is -0.390. The molecule has 1 aliphatic carbocycles. The Morgan fingerprint density at radius 3 is 2.42 bits per heavy atom. The minimum Gasteiger partial charge on any atom is -0.202 e. The number of nitrogens with one attached hydrogen (secondary N) is 1. The molecule has 4 nitrogen and oxygen atoms in total. The maximum Gasteiger partial charge on any atom is 0.279 e. The molecule has 110 valence electrons. The molecule has 0 spiro atoms. The molecule has 0 unspecified atom stereocenters. The van der Waals surface area contributed by atoms with Gasteiger partial charge in [-0.25, -0.2) is 4.72 Å². The fourth-order valence-corrected chi connectivity index (χ4v) is 4.13. The van der Waals surface area contributed by atoms with Crippen molar-refractivity contribution in [3.05, 3.63) is 11.6 Å².